The van der Waals surface area contributed by atoms with Gasteiger partial charge >= 0.3 is 5.97 Å². The Morgan fingerprint density at radius 1 is 1.12 bits per heavy atom. The van der Waals surface area contributed by atoms with Crippen molar-refractivity contribution in [3.8, 4) is 17.6 Å². The van der Waals surface area contributed by atoms with E-state index in [4.69, 9.17) is 19.5 Å². The van der Waals surface area contributed by atoms with Gasteiger partial charge in [0, 0.05) is 6.42 Å². The standard InChI is InChI=1S/C19H19NO4/c1-22-18-13-16(19(21)23-12-6-5-11-20)9-10-17(18)24-14-15-7-3-2-4-8-15/h2-4,7-10,13H,5-6,12,14H2,1H3. The molecule has 0 saturated heterocycles. The second kappa shape index (κ2) is 9.21. The lowest BCUT2D eigenvalue weighted by Crippen LogP contribution is -2.07. The summed E-state index contributed by atoms with van der Waals surface area (Å²) >= 11 is 0. The van der Waals surface area contributed by atoms with Crippen LogP contribution >= 0.6 is 0 Å². The molecular weight excluding hydrogens is 306 g/mol. The zero-order valence-corrected chi connectivity index (χ0v) is 13.5. The summed E-state index contributed by atoms with van der Waals surface area (Å²) in [6, 6.07) is 16.7. The van der Waals surface area contributed by atoms with Crippen LogP contribution in [0.4, 0.5) is 0 Å². The van der Waals surface area contributed by atoms with Crippen molar-refractivity contribution in [1.82, 2.24) is 0 Å². The van der Waals surface area contributed by atoms with E-state index in [9.17, 15) is 4.79 Å². The quantitative estimate of drug-likeness (QED) is 0.546. The molecule has 2 rings (SSSR count). The molecule has 2 aromatic rings. The predicted octanol–water partition coefficient (Wildman–Crippen LogP) is 3.73. The van der Waals surface area contributed by atoms with Gasteiger partial charge in [-0.1, -0.05) is 30.3 Å². The van der Waals surface area contributed by atoms with E-state index in [2.05, 4.69) is 0 Å². The van der Waals surface area contributed by atoms with Crippen molar-refractivity contribution in [2.75, 3.05) is 13.7 Å². The minimum absolute atomic E-state index is 0.223. The number of nitriles is 1. The van der Waals surface area contributed by atoms with Crippen molar-refractivity contribution in [2.24, 2.45) is 0 Å². The maximum Gasteiger partial charge on any atom is 0.338 e. The highest BCUT2D eigenvalue weighted by Gasteiger charge is 2.12. The number of methoxy groups -OCH3 is 1. The van der Waals surface area contributed by atoms with Gasteiger partial charge in [0.05, 0.1) is 25.3 Å². The number of esters is 1. The minimum Gasteiger partial charge on any atom is -0.493 e. The minimum atomic E-state index is -0.444. The number of hydrogen-bond acceptors (Lipinski definition) is 5. The molecule has 24 heavy (non-hydrogen) atoms. The van der Waals surface area contributed by atoms with Crippen LogP contribution in [0.3, 0.4) is 0 Å². The Labute approximate surface area is 141 Å². The van der Waals surface area contributed by atoms with Crippen LogP contribution < -0.4 is 9.47 Å². The van der Waals surface area contributed by atoms with Gasteiger partial charge in [0.15, 0.2) is 11.5 Å². The first-order valence-electron chi connectivity index (χ1n) is 7.63. The Balaban J connectivity index is 1.99. The molecule has 0 heterocycles. The number of unbranched alkanes of at least 4 members (excludes halogenated alkanes) is 1. The molecule has 0 aromatic heterocycles. The summed E-state index contributed by atoms with van der Waals surface area (Å²) in [6.45, 7) is 0.635. The normalized spacial score (nSPS) is 9.83. The summed E-state index contributed by atoms with van der Waals surface area (Å²) in [6.07, 6.45) is 0.889. The van der Waals surface area contributed by atoms with Crippen LogP contribution in [0.5, 0.6) is 11.5 Å². The lowest BCUT2D eigenvalue weighted by molar-refractivity contribution is 0.0501. The Bertz CT molecular complexity index is 707. The summed E-state index contributed by atoms with van der Waals surface area (Å²) in [5, 5.41) is 8.46. The maximum atomic E-state index is 12.0. The summed E-state index contributed by atoms with van der Waals surface area (Å²) < 4.78 is 16.2. The van der Waals surface area contributed by atoms with Gasteiger partial charge in [-0.25, -0.2) is 4.79 Å². The molecule has 0 spiro atoms. The fourth-order valence-corrected chi connectivity index (χ4v) is 2.05. The largest absolute Gasteiger partial charge is 0.493 e. The van der Waals surface area contributed by atoms with Crippen LogP contribution in [-0.4, -0.2) is 19.7 Å². The van der Waals surface area contributed by atoms with Gasteiger partial charge in [0.1, 0.15) is 6.61 Å². The average molecular weight is 325 g/mol. The van der Waals surface area contributed by atoms with Crippen molar-refractivity contribution in [1.29, 1.82) is 5.26 Å². The van der Waals surface area contributed by atoms with E-state index < -0.39 is 5.97 Å². The highest BCUT2D eigenvalue weighted by molar-refractivity contribution is 5.90. The van der Waals surface area contributed by atoms with Crippen molar-refractivity contribution < 1.29 is 19.0 Å². The number of rotatable bonds is 8. The molecule has 5 heteroatoms. The SMILES string of the molecule is COc1cc(C(=O)OCCCC#N)ccc1OCc1ccccc1. The molecule has 0 amide bonds. The third kappa shape index (κ3) is 5.03. The van der Waals surface area contributed by atoms with Crippen molar-refractivity contribution >= 4 is 5.97 Å². The Kier molecular flexibility index (Phi) is 6.66. The topological polar surface area (TPSA) is 68.5 Å². The molecule has 124 valence electrons. The Morgan fingerprint density at radius 3 is 2.62 bits per heavy atom. The second-order valence-corrected chi connectivity index (χ2v) is 5.04. The second-order valence-electron chi connectivity index (χ2n) is 5.04. The first-order valence-corrected chi connectivity index (χ1v) is 7.63. The van der Waals surface area contributed by atoms with Gasteiger partial charge in [-0.3, -0.25) is 0 Å². The van der Waals surface area contributed by atoms with E-state index in [1.807, 2.05) is 36.4 Å². The van der Waals surface area contributed by atoms with Crippen LogP contribution in [0, 0.1) is 11.3 Å². The fourth-order valence-electron chi connectivity index (χ4n) is 2.05. The van der Waals surface area contributed by atoms with E-state index in [1.54, 1.807) is 18.2 Å². The number of carbonyl (C=O) groups is 1. The van der Waals surface area contributed by atoms with Gasteiger partial charge < -0.3 is 14.2 Å². The molecule has 0 atom stereocenters. The Hall–Kier alpha value is -3.00. The van der Waals surface area contributed by atoms with Crippen molar-refractivity contribution in [3.05, 3.63) is 59.7 Å². The van der Waals surface area contributed by atoms with E-state index in [0.717, 1.165) is 5.56 Å². The van der Waals surface area contributed by atoms with E-state index in [0.29, 0.717) is 36.5 Å². The maximum absolute atomic E-state index is 12.0. The summed E-state index contributed by atoms with van der Waals surface area (Å²) in [4.78, 5) is 12.0. The van der Waals surface area contributed by atoms with Crippen LogP contribution in [0.15, 0.2) is 48.5 Å². The molecule has 0 fully saturated rings. The fraction of sp³-hybridized carbons (Fsp3) is 0.263. The molecule has 0 radical (unpaired) electrons. The molecule has 0 aliphatic carbocycles. The van der Waals surface area contributed by atoms with Crippen molar-refractivity contribution in [2.45, 2.75) is 19.4 Å². The van der Waals surface area contributed by atoms with Gasteiger partial charge in [-0.2, -0.15) is 5.26 Å². The van der Waals surface area contributed by atoms with Gasteiger partial charge in [0.2, 0.25) is 0 Å². The zero-order valence-electron chi connectivity index (χ0n) is 13.5. The van der Waals surface area contributed by atoms with Crippen LogP contribution in [0.2, 0.25) is 0 Å². The third-order valence-corrected chi connectivity index (χ3v) is 3.30. The van der Waals surface area contributed by atoms with Gasteiger partial charge in [0.25, 0.3) is 0 Å². The average Bonchev–Trinajstić information content (AvgIpc) is 2.64. The van der Waals surface area contributed by atoms with Crippen LogP contribution in [0.1, 0.15) is 28.8 Å². The smallest absolute Gasteiger partial charge is 0.338 e. The van der Waals surface area contributed by atoms with Crippen molar-refractivity contribution in [3.63, 3.8) is 0 Å². The first kappa shape index (κ1) is 17.4. The van der Waals surface area contributed by atoms with Gasteiger partial charge in [-0.05, 0) is 30.2 Å². The molecular formula is C19H19NO4. The highest BCUT2D eigenvalue weighted by atomic mass is 16.5. The lowest BCUT2D eigenvalue weighted by Gasteiger charge is -2.12. The molecule has 0 bridgehead atoms. The number of carbonyl (C=O) groups excluding carboxylic acids is 1. The van der Waals surface area contributed by atoms with Crippen LogP contribution in [0.25, 0.3) is 0 Å². The van der Waals surface area contributed by atoms with E-state index in [-0.39, 0.29) is 6.61 Å². The van der Waals surface area contributed by atoms with E-state index >= 15 is 0 Å². The van der Waals surface area contributed by atoms with E-state index in [1.165, 1.54) is 7.11 Å². The number of benzene rings is 2. The zero-order chi connectivity index (χ0) is 17.2. The molecule has 0 aliphatic heterocycles. The summed E-state index contributed by atoms with van der Waals surface area (Å²) in [5.41, 5.74) is 1.43. The summed E-state index contributed by atoms with van der Waals surface area (Å²) in [5.74, 6) is 0.584. The molecule has 0 aliphatic rings. The molecule has 0 unspecified atom stereocenters. The first-order chi connectivity index (χ1) is 11.7. The predicted molar refractivity (Wildman–Crippen MR) is 88.9 cm³/mol. The molecule has 0 saturated carbocycles. The monoisotopic (exact) mass is 325 g/mol. The Morgan fingerprint density at radius 2 is 1.92 bits per heavy atom. The van der Waals surface area contributed by atoms with Gasteiger partial charge in [-0.15, -0.1) is 0 Å². The molecule has 5 nitrogen and oxygen atoms in total. The lowest BCUT2D eigenvalue weighted by atomic mass is 10.2. The molecule has 2 aromatic carbocycles. The third-order valence-electron chi connectivity index (χ3n) is 3.30. The summed E-state index contributed by atoms with van der Waals surface area (Å²) in [7, 11) is 1.52. The highest BCUT2D eigenvalue weighted by Crippen LogP contribution is 2.29. The number of hydrogen-bond donors (Lipinski definition) is 0. The molecule has 0 N–H and O–H groups in total. The van der Waals surface area contributed by atoms with Crippen LogP contribution in [-0.2, 0) is 11.3 Å². The number of nitrogens with zero attached hydrogens (tertiary/aromatic N) is 1. The number of ether oxygens (including phenoxy) is 3.